The SMILES string of the molecule is CC=C=C(CC)C(=O)[O][Au]. The molecular weight excluding hydrogens is 313 g/mol. The van der Waals surface area contributed by atoms with E-state index in [0.29, 0.717) is 12.0 Å². The Morgan fingerprint density at radius 2 is 2.40 bits per heavy atom. The molecule has 0 aliphatic heterocycles. The molecule has 0 fully saturated rings. The van der Waals surface area contributed by atoms with E-state index in [4.69, 9.17) is 0 Å². The Morgan fingerprint density at radius 1 is 1.80 bits per heavy atom. The van der Waals surface area contributed by atoms with Gasteiger partial charge in [-0.3, -0.25) is 0 Å². The molecule has 0 amide bonds. The summed E-state index contributed by atoms with van der Waals surface area (Å²) >= 11 is 1.74. The summed E-state index contributed by atoms with van der Waals surface area (Å²) in [5.74, 6) is -0.316. The third-order valence-electron chi connectivity index (χ3n) is 0.974. The van der Waals surface area contributed by atoms with Crippen molar-refractivity contribution in [2.75, 3.05) is 0 Å². The van der Waals surface area contributed by atoms with Crippen molar-refractivity contribution in [2.24, 2.45) is 0 Å². The van der Waals surface area contributed by atoms with Gasteiger partial charge in [0.25, 0.3) is 0 Å². The van der Waals surface area contributed by atoms with Crippen molar-refractivity contribution in [3.8, 4) is 0 Å². The van der Waals surface area contributed by atoms with Gasteiger partial charge in [-0.15, -0.1) is 0 Å². The first-order valence-electron chi connectivity index (χ1n) is 2.96. The Morgan fingerprint density at radius 3 is 2.70 bits per heavy atom. The van der Waals surface area contributed by atoms with E-state index in [9.17, 15) is 4.79 Å². The van der Waals surface area contributed by atoms with Crippen LogP contribution in [0.3, 0.4) is 0 Å². The van der Waals surface area contributed by atoms with Crippen LogP contribution in [0, 0.1) is 0 Å². The van der Waals surface area contributed by atoms with Crippen LogP contribution in [0.2, 0.25) is 0 Å². The van der Waals surface area contributed by atoms with Gasteiger partial charge < -0.3 is 0 Å². The second kappa shape index (κ2) is 5.51. The molecule has 0 rings (SSSR count). The molecule has 3 heteroatoms. The Labute approximate surface area is 73.4 Å². The third-order valence-corrected chi connectivity index (χ3v) is 1.38. The van der Waals surface area contributed by atoms with E-state index in [0.717, 1.165) is 0 Å². The normalized spacial score (nSPS) is 8.00. The zero-order valence-electron chi connectivity index (χ0n) is 5.90. The Balaban J connectivity index is 4.37. The number of hydrogen-bond acceptors (Lipinski definition) is 2. The summed E-state index contributed by atoms with van der Waals surface area (Å²) in [7, 11) is 0. The van der Waals surface area contributed by atoms with Gasteiger partial charge in [0.2, 0.25) is 0 Å². The van der Waals surface area contributed by atoms with Crippen LogP contribution in [0.15, 0.2) is 17.4 Å². The van der Waals surface area contributed by atoms with E-state index < -0.39 is 0 Å². The summed E-state index contributed by atoms with van der Waals surface area (Å²) in [5, 5.41) is 0. The van der Waals surface area contributed by atoms with Crippen LogP contribution < -0.4 is 0 Å². The summed E-state index contributed by atoms with van der Waals surface area (Å²) in [6, 6.07) is 0. The Hall–Kier alpha value is -0.270. The summed E-state index contributed by atoms with van der Waals surface area (Å²) in [6.07, 6.45) is 2.35. The van der Waals surface area contributed by atoms with Crippen molar-refractivity contribution in [3.05, 3.63) is 17.4 Å². The van der Waals surface area contributed by atoms with Crippen LogP contribution in [-0.4, -0.2) is 5.97 Å². The monoisotopic (exact) mass is 322 g/mol. The number of hydrogen-bond donors (Lipinski definition) is 0. The van der Waals surface area contributed by atoms with Gasteiger partial charge in [-0.1, -0.05) is 0 Å². The predicted molar refractivity (Wildman–Crippen MR) is 33.7 cm³/mol. The van der Waals surface area contributed by atoms with Crippen molar-refractivity contribution >= 4 is 5.97 Å². The number of carbonyl (C=O) groups excluding carboxylic acids is 1. The molecule has 0 unspecified atom stereocenters. The maximum absolute atomic E-state index is 10.8. The molecule has 0 saturated carbocycles. The quantitative estimate of drug-likeness (QED) is 0.438. The van der Waals surface area contributed by atoms with Gasteiger partial charge in [0.15, 0.2) is 0 Å². The van der Waals surface area contributed by atoms with Gasteiger partial charge in [0, 0.05) is 0 Å². The molecular formula is C7H9AuO2. The molecule has 0 aromatic rings. The second-order valence-corrected chi connectivity index (χ2v) is 2.06. The zero-order valence-corrected chi connectivity index (χ0v) is 8.07. The topological polar surface area (TPSA) is 26.3 Å². The minimum atomic E-state index is -0.316. The number of rotatable bonds is 2. The van der Waals surface area contributed by atoms with Gasteiger partial charge in [0.05, 0.1) is 0 Å². The minimum absolute atomic E-state index is 0.316. The molecule has 0 heterocycles. The molecule has 0 N–H and O–H groups in total. The fraction of sp³-hybridized carbons (Fsp3) is 0.429. The Kier molecular flexibility index (Phi) is 5.36. The van der Waals surface area contributed by atoms with Crippen LogP contribution in [0.1, 0.15) is 20.3 Å². The molecule has 0 spiro atoms. The van der Waals surface area contributed by atoms with E-state index in [-0.39, 0.29) is 5.97 Å². The van der Waals surface area contributed by atoms with E-state index in [1.807, 2.05) is 13.8 Å². The van der Waals surface area contributed by atoms with E-state index >= 15 is 0 Å². The predicted octanol–water partition coefficient (Wildman–Crippen LogP) is 1.50. The second-order valence-electron chi connectivity index (χ2n) is 1.61. The van der Waals surface area contributed by atoms with E-state index in [1.54, 1.807) is 27.5 Å². The molecule has 0 radical (unpaired) electrons. The first kappa shape index (κ1) is 9.73. The van der Waals surface area contributed by atoms with Crippen LogP contribution >= 0.6 is 0 Å². The van der Waals surface area contributed by atoms with Gasteiger partial charge in [0.1, 0.15) is 0 Å². The van der Waals surface area contributed by atoms with Gasteiger partial charge in [-0.25, -0.2) is 0 Å². The zero-order chi connectivity index (χ0) is 7.98. The molecule has 0 aromatic carbocycles. The van der Waals surface area contributed by atoms with Crippen LogP contribution in [0.25, 0.3) is 0 Å². The van der Waals surface area contributed by atoms with Gasteiger partial charge in [-0.2, -0.15) is 0 Å². The first-order chi connectivity index (χ1) is 4.76. The molecule has 2 nitrogen and oxygen atoms in total. The van der Waals surface area contributed by atoms with Crippen molar-refractivity contribution in [3.63, 3.8) is 0 Å². The van der Waals surface area contributed by atoms with Crippen molar-refractivity contribution in [2.45, 2.75) is 20.3 Å². The summed E-state index contributed by atoms with van der Waals surface area (Å²) < 4.78 is 4.44. The molecule has 60 valence electrons. The van der Waals surface area contributed by atoms with Crippen molar-refractivity contribution in [1.82, 2.24) is 0 Å². The first-order valence-corrected chi connectivity index (χ1v) is 3.84. The third kappa shape index (κ3) is 3.04. The maximum atomic E-state index is 10.8. The summed E-state index contributed by atoms with van der Waals surface area (Å²) in [5.41, 5.74) is 3.37. The average Bonchev–Trinajstić information content (AvgIpc) is 1.99. The fourth-order valence-corrected chi connectivity index (χ4v) is 0.784. The van der Waals surface area contributed by atoms with Gasteiger partial charge in [-0.05, 0) is 0 Å². The van der Waals surface area contributed by atoms with E-state index in [1.165, 1.54) is 0 Å². The summed E-state index contributed by atoms with van der Waals surface area (Å²) in [4.78, 5) is 10.8. The summed E-state index contributed by atoms with van der Waals surface area (Å²) in [6.45, 7) is 3.70. The molecule has 0 saturated heterocycles. The van der Waals surface area contributed by atoms with E-state index in [2.05, 4.69) is 8.98 Å². The van der Waals surface area contributed by atoms with Crippen LogP contribution in [-0.2, 0) is 29.5 Å². The van der Waals surface area contributed by atoms with Gasteiger partial charge >= 0.3 is 73.1 Å². The van der Waals surface area contributed by atoms with Crippen molar-refractivity contribution in [1.29, 1.82) is 0 Å². The molecule has 0 atom stereocenters. The van der Waals surface area contributed by atoms with Crippen LogP contribution in [0.5, 0.6) is 0 Å². The fourth-order valence-electron chi connectivity index (χ4n) is 0.517. The number of carbonyl (C=O) groups is 1. The standard InChI is InChI=1S/C7H10O2.Au/c1-3-5-6(4-2)7(8)9;/h3H,4H2,1-2H3,(H,8,9);/q;+1/p-1. The molecule has 0 bridgehead atoms. The molecule has 10 heavy (non-hydrogen) atoms. The average molecular weight is 322 g/mol. The Bertz CT molecular complexity index is 178. The molecule has 0 aliphatic carbocycles. The molecule has 0 aromatic heterocycles. The van der Waals surface area contributed by atoms with Crippen molar-refractivity contribution < 1.29 is 29.5 Å². The molecule has 0 aliphatic rings. The van der Waals surface area contributed by atoms with Crippen LogP contribution in [0.4, 0.5) is 0 Å².